The van der Waals surface area contributed by atoms with Crippen LogP contribution in [0.5, 0.6) is 0 Å². The SMILES string of the molecule is CN(c1cccc(C(=O)NC2CC2)c1)S(=O)(=O)c1ccccc1. The number of nitrogens with zero attached hydrogens (tertiary/aromatic N) is 1. The Labute approximate surface area is 136 Å². The van der Waals surface area contributed by atoms with Crippen LogP contribution in [0, 0.1) is 0 Å². The molecular weight excluding hydrogens is 312 g/mol. The Kier molecular flexibility index (Phi) is 4.09. The molecule has 0 heterocycles. The fraction of sp³-hybridized carbons (Fsp3) is 0.235. The molecule has 0 atom stereocenters. The van der Waals surface area contributed by atoms with Crippen LogP contribution in [0.3, 0.4) is 0 Å². The number of hydrogen-bond donors (Lipinski definition) is 1. The van der Waals surface area contributed by atoms with Gasteiger partial charge in [-0.3, -0.25) is 9.10 Å². The van der Waals surface area contributed by atoms with Crippen molar-refractivity contribution in [2.45, 2.75) is 23.8 Å². The smallest absolute Gasteiger partial charge is 0.264 e. The van der Waals surface area contributed by atoms with Crippen molar-refractivity contribution in [3.63, 3.8) is 0 Å². The summed E-state index contributed by atoms with van der Waals surface area (Å²) in [6.07, 6.45) is 2.02. The van der Waals surface area contributed by atoms with Gasteiger partial charge in [-0.25, -0.2) is 8.42 Å². The van der Waals surface area contributed by atoms with Gasteiger partial charge in [0.1, 0.15) is 0 Å². The Balaban J connectivity index is 1.87. The molecule has 1 aliphatic carbocycles. The molecule has 2 aromatic rings. The third-order valence-electron chi connectivity index (χ3n) is 3.79. The minimum absolute atomic E-state index is 0.167. The minimum Gasteiger partial charge on any atom is -0.349 e. The molecule has 5 nitrogen and oxygen atoms in total. The molecule has 1 aliphatic rings. The maximum atomic E-state index is 12.6. The predicted molar refractivity (Wildman–Crippen MR) is 89.0 cm³/mol. The van der Waals surface area contributed by atoms with Crippen LogP contribution in [0.1, 0.15) is 23.2 Å². The molecule has 0 spiro atoms. The molecule has 0 aliphatic heterocycles. The number of nitrogens with one attached hydrogen (secondary N) is 1. The highest BCUT2D eigenvalue weighted by molar-refractivity contribution is 7.92. The molecule has 0 bridgehead atoms. The number of hydrogen-bond acceptors (Lipinski definition) is 3. The molecule has 3 rings (SSSR count). The van der Waals surface area contributed by atoms with E-state index in [4.69, 9.17) is 0 Å². The van der Waals surface area contributed by atoms with Gasteiger partial charge in [-0.05, 0) is 43.2 Å². The van der Waals surface area contributed by atoms with E-state index in [1.54, 1.807) is 54.6 Å². The van der Waals surface area contributed by atoms with E-state index in [1.165, 1.54) is 11.4 Å². The Morgan fingerprint density at radius 1 is 1.09 bits per heavy atom. The zero-order chi connectivity index (χ0) is 16.4. The first-order chi connectivity index (χ1) is 11.0. The molecule has 1 saturated carbocycles. The number of rotatable bonds is 5. The summed E-state index contributed by atoms with van der Waals surface area (Å²) in [6.45, 7) is 0. The highest BCUT2D eigenvalue weighted by atomic mass is 32.2. The van der Waals surface area contributed by atoms with Crippen LogP contribution < -0.4 is 9.62 Å². The lowest BCUT2D eigenvalue weighted by Gasteiger charge is -2.20. The van der Waals surface area contributed by atoms with Crippen LogP contribution in [0.2, 0.25) is 0 Å². The Morgan fingerprint density at radius 2 is 1.78 bits per heavy atom. The molecule has 1 amide bonds. The minimum atomic E-state index is -3.64. The molecular formula is C17H18N2O3S. The molecule has 1 fully saturated rings. The molecule has 0 aromatic heterocycles. The summed E-state index contributed by atoms with van der Waals surface area (Å²) in [5.41, 5.74) is 0.918. The van der Waals surface area contributed by atoms with E-state index in [-0.39, 0.29) is 16.8 Å². The quantitative estimate of drug-likeness (QED) is 0.915. The largest absolute Gasteiger partial charge is 0.349 e. The van der Waals surface area contributed by atoms with E-state index in [2.05, 4.69) is 5.32 Å². The van der Waals surface area contributed by atoms with Gasteiger partial charge in [-0.1, -0.05) is 24.3 Å². The molecule has 0 unspecified atom stereocenters. The monoisotopic (exact) mass is 330 g/mol. The molecule has 23 heavy (non-hydrogen) atoms. The van der Waals surface area contributed by atoms with Gasteiger partial charge in [0.15, 0.2) is 0 Å². The van der Waals surface area contributed by atoms with Crippen molar-refractivity contribution in [3.05, 3.63) is 60.2 Å². The van der Waals surface area contributed by atoms with E-state index in [0.717, 1.165) is 12.8 Å². The third kappa shape index (κ3) is 3.37. The molecule has 1 N–H and O–H groups in total. The standard InChI is InChI=1S/C17H18N2O3S/c1-19(23(21,22)16-8-3-2-4-9-16)15-7-5-6-13(12-15)17(20)18-14-10-11-14/h2-9,12,14H,10-11H2,1H3,(H,18,20). The van der Waals surface area contributed by atoms with Gasteiger partial charge in [0.2, 0.25) is 0 Å². The van der Waals surface area contributed by atoms with Gasteiger partial charge in [-0.15, -0.1) is 0 Å². The lowest BCUT2D eigenvalue weighted by atomic mass is 10.2. The maximum absolute atomic E-state index is 12.6. The fourth-order valence-electron chi connectivity index (χ4n) is 2.23. The maximum Gasteiger partial charge on any atom is 0.264 e. The van der Waals surface area contributed by atoms with Gasteiger partial charge in [0, 0.05) is 18.7 Å². The number of amides is 1. The lowest BCUT2D eigenvalue weighted by Crippen LogP contribution is -2.28. The van der Waals surface area contributed by atoms with Gasteiger partial charge >= 0.3 is 0 Å². The van der Waals surface area contributed by atoms with Crippen molar-refractivity contribution in [1.29, 1.82) is 0 Å². The Hall–Kier alpha value is -2.34. The van der Waals surface area contributed by atoms with Gasteiger partial charge in [-0.2, -0.15) is 0 Å². The predicted octanol–water partition coefficient (Wildman–Crippen LogP) is 2.40. The number of sulfonamides is 1. The topological polar surface area (TPSA) is 66.5 Å². The summed E-state index contributed by atoms with van der Waals surface area (Å²) in [5.74, 6) is -0.167. The van der Waals surface area contributed by atoms with Gasteiger partial charge in [0.05, 0.1) is 10.6 Å². The van der Waals surface area contributed by atoms with E-state index >= 15 is 0 Å². The number of carbonyl (C=O) groups excluding carboxylic acids is 1. The van der Waals surface area contributed by atoms with E-state index in [9.17, 15) is 13.2 Å². The summed E-state index contributed by atoms with van der Waals surface area (Å²) >= 11 is 0. The van der Waals surface area contributed by atoms with Crippen LogP contribution in [0.25, 0.3) is 0 Å². The Morgan fingerprint density at radius 3 is 2.43 bits per heavy atom. The van der Waals surface area contributed by atoms with Crippen molar-refractivity contribution in [3.8, 4) is 0 Å². The molecule has 2 aromatic carbocycles. The molecule has 0 saturated heterocycles. The summed E-state index contributed by atoms with van der Waals surface area (Å²) in [4.78, 5) is 12.3. The zero-order valence-corrected chi connectivity index (χ0v) is 13.6. The van der Waals surface area contributed by atoms with E-state index in [0.29, 0.717) is 11.3 Å². The average molecular weight is 330 g/mol. The van der Waals surface area contributed by atoms with Gasteiger partial charge in [0.25, 0.3) is 15.9 Å². The number of anilines is 1. The normalized spacial score (nSPS) is 14.3. The zero-order valence-electron chi connectivity index (χ0n) is 12.8. The highest BCUT2D eigenvalue weighted by Crippen LogP contribution is 2.24. The van der Waals surface area contributed by atoms with E-state index in [1.807, 2.05) is 0 Å². The highest BCUT2D eigenvalue weighted by Gasteiger charge is 2.25. The second-order valence-corrected chi connectivity index (χ2v) is 7.55. The van der Waals surface area contributed by atoms with Crippen molar-refractivity contribution in [2.24, 2.45) is 0 Å². The number of carbonyl (C=O) groups is 1. The third-order valence-corrected chi connectivity index (χ3v) is 5.59. The van der Waals surface area contributed by atoms with Crippen LogP contribution in [-0.2, 0) is 10.0 Å². The van der Waals surface area contributed by atoms with Crippen LogP contribution >= 0.6 is 0 Å². The number of benzene rings is 2. The first-order valence-corrected chi connectivity index (χ1v) is 8.87. The first kappa shape index (κ1) is 15.6. The van der Waals surface area contributed by atoms with Crippen LogP contribution in [0.15, 0.2) is 59.5 Å². The summed E-state index contributed by atoms with van der Waals surface area (Å²) in [5, 5.41) is 2.90. The van der Waals surface area contributed by atoms with Crippen LogP contribution in [0.4, 0.5) is 5.69 Å². The second kappa shape index (κ2) is 6.04. The van der Waals surface area contributed by atoms with Gasteiger partial charge < -0.3 is 5.32 Å². The fourth-order valence-corrected chi connectivity index (χ4v) is 3.44. The Bertz CT molecular complexity index is 815. The van der Waals surface area contributed by atoms with Crippen molar-refractivity contribution >= 4 is 21.6 Å². The summed E-state index contributed by atoms with van der Waals surface area (Å²) in [7, 11) is -2.16. The second-order valence-electron chi connectivity index (χ2n) is 5.58. The van der Waals surface area contributed by atoms with Crippen molar-refractivity contribution < 1.29 is 13.2 Å². The van der Waals surface area contributed by atoms with Crippen molar-refractivity contribution in [1.82, 2.24) is 5.32 Å². The van der Waals surface area contributed by atoms with E-state index < -0.39 is 10.0 Å². The average Bonchev–Trinajstić information content (AvgIpc) is 3.39. The summed E-state index contributed by atoms with van der Waals surface area (Å²) < 4.78 is 26.4. The molecule has 120 valence electrons. The first-order valence-electron chi connectivity index (χ1n) is 7.43. The lowest BCUT2D eigenvalue weighted by molar-refractivity contribution is 0.0951. The van der Waals surface area contributed by atoms with Crippen molar-refractivity contribution in [2.75, 3.05) is 11.4 Å². The molecule has 0 radical (unpaired) electrons. The summed E-state index contributed by atoms with van der Waals surface area (Å²) in [6, 6.07) is 15.1. The molecule has 6 heteroatoms. The van der Waals surface area contributed by atoms with Crippen LogP contribution in [-0.4, -0.2) is 27.4 Å².